The summed E-state index contributed by atoms with van der Waals surface area (Å²) in [6.07, 6.45) is 6.33. The summed E-state index contributed by atoms with van der Waals surface area (Å²) in [6.45, 7) is 2.94. The molecule has 6 nitrogen and oxygen atoms in total. The molecule has 1 aromatic carbocycles. The van der Waals surface area contributed by atoms with E-state index in [1.165, 1.54) is 0 Å². The molecule has 0 saturated carbocycles. The molecule has 0 atom stereocenters. The summed E-state index contributed by atoms with van der Waals surface area (Å²) in [5, 5.41) is 6.23. The number of rotatable bonds is 0. The van der Waals surface area contributed by atoms with Crippen LogP contribution in [0.4, 0.5) is 0 Å². The third-order valence-electron chi connectivity index (χ3n) is 5.29. The van der Waals surface area contributed by atoms with E-state index in [9.17, 15) is 9.59 Å². The number of amides is 2. The van der Waals surface area contributed by atoms with Crippen molar-refractivity contribution < 1.29 is 14.3 Å². The highest BCUT2D eigenvalue weighted by Gasteiger charge is 2.40. The molecule has 154 valence electrons. The second-order valence-electron chi connectivity index (χ2n) is 7.14. The number of carbonyl (C=O) groups is 2. The van der Waals surface area contributed by atoms with Crippen LogP contribution in [0.5, 0.6) is 5.75 Å². The van der Waals surface area contributed by atoms with Crippen LogP contribution in [0.15, 0.2) is 34.8 Å². The number of benzene rings is 1. The lowest BCUT2D eigenvalue weighted by molar-refractivity contribution is -0.142. The van der Waals surface area contributed by atoms with Gasteiger partial charge in [0.05, 0.1) is 11.0 Å². The van der Waals surface area contributed by atoms with E-state index in [0.717, 1.165) is 30.4 Å². The second-order valence-corrected chi connectivity index (χ2v) is 8.06. The minimum absolute atomic E-state index is 0. The van der Waals surface area contributed by atoms with Crippen LogP contribution in [0.3, 0.4) is 0 Å². The van der Waals surface area contributed by atoms with Crippen LogP contribution in [-0.2, 0) is 4.79 Å². The zero-order valence-corrected chi connectivity index (χ0v) is 18.4. The molecular weight excluding hydrogens is 446 g/mol. The zero-order chi connectivity index (χ0) is 19.3. The van der Waals surface area contributed by atoms with Crippen LogP contribution in [0.25, 0.3) is 0 Å². The second kappa shape index (κ2) is 10.3. The van der Waals surface area contributed by atoms with Gasteiger partial charge in [-0.3, -0.25) is 9.59 Å². The van der Waals surface area contributed by atoms with Crippen LogP contribution in [0.1, 0.15) is 29.6 Å². The van der Waals surface area contributed by atoms with Crippen molar-refractivity contribution in [1.29, 1.82) is 0 Å². The Bertz CT molecular complexity index is 735. The topological polar surface area (TPSA) is 70.7 Å². The highest BCUT2D eigenvalue weighted by molar-refractivity contribution is 9.10. The van der Waals surface area contributed by atoms with Crippen molar-refractivity contribution in [3.63, 3.8) is 0 Å². The van der Waals surface area contributed by atoms with Crippen LogP contribution in [0, 0.1) is 5.41 Å². The Balaban J connectivity index is 0.00000280. The fraction of sp³-hybridized carbons (Fsp3) is 0.500. The maximum atomic E-state index is 13.1. The number of piperidine rings is 1. The number of likely N-dealkylation sites (N-methyl/N-ethyl adjacent to an activating group) is 1. The van der Waals surface area contributed by atoms with Gasteiger partial charge in [0.2, 0.25) is 5.91 Å². The van der Waals surface area contributed by atoms with Gasteiger partial charge in [0.15, 0.2) is 0 Å². The van der Waals surface area contributed by atoms with E-state index < -0.39 is 0 Å². The molecule has 0 radical (unpaired) electrons. The number of hydrogen-bond acceptors (Lipinski definition) is 4. The molecule has 8 heteroatoms. The summed E-state index contributed by atoms with van der Waals surface area (Å²) in [7, 11) is 1.82. The van der Waals surface area contributed by atoms with E-state index >= 15 is 0 Å². The first kappa shape index (κ1) is 22.7. The Morgan fingerprint density at radius 1 is 1.14 bits per heavy atom. The number of halogens is 2. The number of carbonyl (C=O) groups excluding carboxylic acids is 2. The van der Waals surface area contributed by atoms with Crippen molar-refractivity contribution >= 4 is 40.2 Å². The summed E-state index contributed by atoms with van der Waals surface area (Å²) < 4.78 is 6.68. The molecule has 1 saturated heterocycles. The van der Waals surface area contributed by atoms with Gasteiger partial charge in [-0.15, -0.1) is 12.4 Å². The van der Waals surface area contributed by atoms with Crippen molar-refractivity contribution in [3.8, 4) is 5.75 Å². The smallest absolute Gasteiger partial charge is 0.255 e. The quantitative estimate of drug-likeness (QED) is 0.570. The van der Waals surface area contributed by atoms with Crippen LogP contribution in [-0.4, -0.2) is 56.5 Å². The maximum absolute atomic E-state index is 13.1. The van der Waals surface area contributed by atoms with Crippen molar-refractivity contribution in [1.82, 2.24) is 15.5 Å². The molecule has 2 N–H and O–H groups in total. The monoisotopic (exact) mass is 471 g/mol. The lowest BCUT2D eigenvalue weighted by atomic mass is 9.75. The molecule has 2 aliphatic heterocycles. The van der Waals surface area contributed by atoms with E-state index in [-0.39, 0.29) is 29.6 Å². The summed E-state index contributed by atoms with van der Waals surface area (Å²) >= 11 is 3.42. The van der Waals surface area contributed by atoms with Crippen molar-refractivity contribution in [2.75, 3.05) is 39.8 Å². The van der Waals surface area contributed by atoms with E-state index in [4.69, 9.17) is 4.74 Å². The molecular formula is C20H27BrClN3O3. The third kappa shape index (κ3) is 5.27. The normalized spacial score (nSPS) is 20.4. The fourth-order valence-corrected chi connectivity index (χ4v) is 4.01. The van der Waals surface area contributed by atoms with Gasteiger partial charge >= 0.3 is 0 Å². The minimum Gasteiger partial charge on any atom is -0.489 e. The highest BCUT2D eigenvalue weighted by atomic mass is 79.9. The third-order valence-corrected chi connectivity index (χ3v) is 5.79. The Hall–Kier alpha value is -1.57. The average molecular weight is 473 g/mol. The number of allylic oxidation sites excluding steroid dienone is 1. The fourth-order valence-electron chi connectivity index (χ4n) is 3.67. The molecule has 1 aromatic rings. The largest absolute Gasteiger partial charge is 0.489 e. The SMILES string of the molecule is CN1CCNC(=O)c2ccc(Br)cc2OCC=CCC2(CCNCC2)C1=O.Cl. The summed E-state index contributed by atoms with van der Waals surface area (Å²) in [5.41, 5.74) is 0.124. The number of hydrogen-bond donors (Lipinski definition) is 2. The molecule has 2 heterocycles. The Morgan fingerprint density at radius 3 is 2.64 bits per heavy atom. The first-order chi connectivity index (χ1) is 13.0. The van der Waals surface area contributed by atoms with E-state index in [1.807, 2.05) is 25.3 Å². The van der Waals surface area contributed by atoms with Gasteiger partial charge in [-0.1, -0.05) is 28.1 Å². The predicted molar refractivity (Wildman–Crippen MR) is 115 cm³/mol. The molecule has 2 aliphatic rings. The Labute approximate surface area is 180 Å². The molecule has 1 fully saturated rings. The van der Waals surface area contributed by atoms with Crippen LogP contribution in [0.2, 0.25) is 0 Å². The maximum Gasteiger partial charge on any atom is 0.255 e. The Morgan fingerprint density at radius 2 is 1.89 bits per heavy atom. The van der Waals surface area contributed by atoms with E-state index in [1.54, 1.807) is 17.0 Å². The van der Waals surface area contributed by atoms with Crippen molar-refractivity contribution in [2.45, 2.75) is 19.3 Å². The summed E-state index contributed by atoms with van der Waals surface area (Å²) in [6, 6.07) is 5.36. The van der Waals surface area contributed by atoms with Gasteiger partial charge in [0.25, 0.3) is 5.91 Å². The van der Waals surface area contributed by atoms with Gasteiger partial charge in [-0.25, -0.2) is 0 Å². The van der Waals surface area contributed by atoms with Crippen molar-refractivity contribution in [3.05, 3.63) is 40.4 Å². The highest BCUT2D eigenvalue weighted by Crippen LogP contribution is 2.35. The predicted octanol–water partition coefficient (Wildman–Crippen LogP) is 2.77. The molecule has 1 spiro atoms. The number of ether oxygens (including phenoxy) is 1. The van der Waals surface area contributed by atoms with E-state index in [2.05, 4.69) is 26.6 Å². The van der Waals surface area contributed by atoms with E-state index in [0.29, 0.717) is 37.4 Å². The lowest BCUT2D eigenvalue weighted by Crippen LogP contribution is -2.49. The average Bonchev–Trinajstić information content (AvgIpc) is 2.67. The standard InChI is InChI=1S/C20H26BrN3O3.ClH/c1-24-12-11-23-18(25)16-5-4-15(21)14-17(16)27-13-3-2-6-20(19(24)26)7-9-22-10-8-20;/h2-5,14,22H,6-13H2,1H3,(H,23,25);1H. The molecule has 0 aliphatic carbocycles. The van der Waals surface area contributed by atoms with Gasteiger partial charge in [0.1, 0.15) is 12.4 Å². The lowest BCUT2D eigenvalue weighted by Gasteiger charge is -2.38. The molecule has 3 rings (SSSR count). The van der Waals surface area contributed by atoms with Crippen LogP contribution >= 0.6 is 28.3 Å². The summed E-state index contributed by atoms with van der Waals surface area (Å²) in [5.74, 6) is 0.505. The molecule has 0 bridgehead atoms. The molecule has 0 aromatic heterocycles. The minimum atomic E-state index is -0.369. The zero-order valence-electron chi connectivity index (χ0n) is 16.0. The van der Waals surface area contributed by atoms with Gasteiger partial charge < -0.3 is 20.3 Å². The van der Waals surface area contributed by atoms with Gasteiger partial charge in [-0.05, 0) is 50.6 Å². The van der Waals surface area contributed by atoms with Gasteiger partial charge in [0, 0.05) is 24.6 Å². The number of nitrogens with zero attached hydrogens (tertiary/aromatic N) is 1. The Kier molecular flexibility index (Phi) is 8.34. The molecule has 0 unspecified atom stereocenters. The van der Waals surface area contributed by atoms with Crippen molar-refractivity contribution in [2.24, 2.45) is 5.41 Å². The summed E-state index contributed by atoms with van der Waals surface area (Å²) in [4.78, 5) is 27.4. The first-order valence-electron chi connectivity index (χ1n) is 9.34. The number of nitrogens with one attached hydrogen (secondary N) is 2. The molecule has 28 heavy (non-hydrogen) atoms. The first-order valence-corrected chi connectivity index (χ1v) is 10.1. The number of fused-ring (bicyclic) bond motifs is 1. The van der Waals surface area contributed by atoms with Gasteiger partial charge in [-0.2, -0.15) is 0 Å². The molecule has 2 amide bonds. The van der Waals surface area contributed by atoms with Crippen LogP contribution < -0.4 is 15.4 Å².